The van der Waals surface area contributed by atoms with E-state index in [1.54, 1.807) is 0 Å². The van der Waals surface area contributed by atoms with Crippen LogP contribution < -0.4 is 10.4 Å². The van der Waals surface area contributed by atoms with Gasteiger partial charge in [-0.15, -0.1) is 11.3 Å². The zero-order chi connectivity index (χ0) is 21.1. The van der Waals surface area contributed by atoms with Gasteiger partial charge in [-0.2, -0.15) is 0 Å². The molecule has 0 bridgehead atoms. The Bertz CT molecular complexity index is 928. The summed E-state index contributed by atoms with van der Waals surface area (Å²) >= 11 is 1.34. The number of amides is 1. The summed E-state index contributed by atoms with van der Waals surface area (Å²) < 4.78 is 0. The Morgan fingerprint density at radius 2 is 1.76 bits per heavy atom. The van der Waals surface area contributed by atoms with Crippen LogP contribution in [0.3, 0.4) is 0 Å². The molecule has 0 radical (unpaired) electrons. The molecule has 1 aliphatic carbocycles. The molecule has 0 saturated heterocycles. The van der Waals surface area contributed by atoms with Crippen LogP contribution in [0.5, 0.6) is 0 Å². The minimum Gasteiger partial charge on any atom is -0.550 e. The van der Waals surface area contributed by atoms with Crippen molar-refractivity contribution in [3.05, 3.63) is 46.4 Å². The minimum atomic E-state index is -1.17. The molecule has 6 heteroatoms. The van der Waals surface area contributed by atoms with Crippen molar-refractivity contribution >= 4 is 28.3 Å². The number of benzene rings is 1. The van der Waals surface area contributed by atoms with Gasteiger partial charge in [0.05, 0.1) is 11.6 Å². The first-order valence-electron chi connectivity index (χ1n) is 9.96. The third-order valence-corrected chi connectivity index (χ3v) is 6.29. The van der Waals surface area contributed by atoms with E-state index in [0.717, 1.165) is 28.8 Å². The fraction of sp³-hybridized carbons (Fsp3) is 0.435. The molecule has 29 heavy (non-hydrogen) atoms. The van der Waals surface area contributed by atoms with Crippen LogP contribution in [-0.2, 0) is 16.0 Å². The molecular weight excluding hydrogens is 384 g/mol. The number of carbonyl (C=O) groups excluding carboxylic acids is 2. The van der Waals surface area contributed by atoms with Crippen LogP contribution in [0, 0.1) is 17.8 Å². The number of carboxylic acids is 1. The zero-order valence-electron chi connectivity index (χ0n) is 17.3. The molecule has 1 aliphatic rings. The van der Waals surface area contributed by atoms with Crippen LogP contribution in [0.2, 0.25) is 0 Å². The molecule has 0 aliphatic heterocycles. The van der Waals surface area contributed by atoms with Crippen LogP contribution in [0.25, 0.3) is 11.3 Å². The second-order valence-corrected chi connectivity index (χ2v) is 9.18. The van der Waals surface area contributed by atoms with Gasteiger partial charge in [0.15, 0.2) is 5.13 Å². The number of thiazole rings is 1. The summed E-state index contributed by atoms with van der Waals surface area (Å²) in [4.78, 5) is 28.8. The SMILES string of the molecule is CC1=C(C)C[C@@H](C(=O)Nc2nc(-c3ccc(CC(C)C)cc3)cs2)[C@H](C(=O)[O-])C1. The quantitative estimate of drug-likeness (QED) is 0.727. The van der Waals surface area contributed by atoms with Gasteiger partial charge in [0.2, 0.25) is 5.91 Å². The van der Waals surface area contributed by atoms with E-state index < -0.39 is 17.8 Å². The van der Waals surface area contributed by atoms with E-state index in [1.165, 1.54) is 16.9 Å². The Labute approximate surface area is 175 Å². The lowest BCUT2D eigenvalue weighted by Crippen LogP contribution is -2.42. The molecule has 0 fully saturated rings. The number of anilines is 1. The van der Waals surface area contributed by atoms with Crippen molar-refractivity contribution in [2.24, 2.45) is 17.8 Å². The number of carboxylic acid groups (broad SMARTS) is 1. The van der Waals surface area contributed by atoms with Gasteiger partial charge in [0, 0.05) is 22.8 Å². The van der Waals surface area contributed by atoms with Crippen molar-refractivity contribution in [3.63, 3.8) is 0 Å². The minimum absolute atomic E-state index is 0.306. The summed E-state index contributed by atoms with van der Waals surface area (Å²) in [6.45, 7) is 8.25. The average Bonchev–Trinajstić information content (AvgIpc) is 3.12. The summed E-state index contributed by atoms with van der Waals surface area (Å²) in [6.07, 6.45) is 1.83. The van der Waals surface area contributed by atoms with Crippen LogP contribution in [0.15, 0.2) is 40.8 Å². The lowest BCUT2D eigenvalue weighted by atomic mass is 9.76. The summed E-state index contributed by atoms with van der Waals surface area (Å²) in [5, 5.41) is 16.7. The zero-order valence-corrected chi connectivity index (χ0v) is 18.1. The molecule has 1 aromatic heterocycles. The lowest BCUT2D eigenvalue weighted by molar-refractivity contribution is -0.313. The highest BCUT2D eigenvalue weighted by Crippen LogP contribution is 2.35. The second kappa shape index (κ2) is 8.91. The van der Waals surface area contributed by atoms with Crippen molar-refractivity contribution in [3.8, 4) is 11.3 Å². The van der Waals surface area contributed by atoms with Crippen molar-refractivity contribution in [2.75, 3.05) is 5.32 Å². The van der Waals surface area contributed by atoms with Crippen molar-refractivity contribution in [1.82, 2.24) is 4.98 Å². The number of hydrogen-bond acceptors (Lipinski definition) is 5. The topological polar surface area (TPSA) is 82.1 Å². The molecule has 1 aromatic carbocycles. The van der Waals surface area contributed by atoms with E-state index in [0.29, 0.717) is 23.9 Å². The average molecular weight is 412 g/mol. The highest BCUT2D eigenvalue weighted by Gasteiger charge is 2.33. The van der Waals surface area contributed by atoms with Gasteiger partial charge >= 0.3 is 0 Å². The first-order valence-corrected chi connectivity index (χ1v) is 10.8. The van der Waals surface area contributed by atoms with E-state index in [2.05, 4.69) is 36.3 Å². The highest BCUT2D eigenvalue weighted by atomic mass is 32.1. The molecule has 2 aromatic rings. The molecule has 1 heterocycles. The van der Waals surface area contributed by atoms with Gasteiger partial charge in [-0.05, 0) is 44.6 Å². The van der Waals surface area contributed by atoms with Gasteiger partial charge in [-0.1, -0.05) is 49.3 Å². The van der Waals surface area contributed by atoms with Gasteiger partial charge in [-0.3, -0.25) is 4.79 Å². The molecular formula is C23H27N2O3S-. The molecule has 0 unspecified atom stereocenters. The molecule has 5 nitrogen and oxygen atoms in total. The summed E-state index contributed by atoms with van der Waals surface area (Å²) in [7, 11) is 0. The van der Waals surface area contributed by atoms with Gasteiger partial charge in [0.25, 0.3) is 0 Å². The molecule has 0 saturated carbocycles. The Hall–Kier alpha value is -2.47. The molecule has 3 rings (SSSR count). The van der Waals surface area contributed by atoms with Crippen LogP contribution in [0.1, 0.15) is 46.1 Å². The lowest BCUT2D eigenvalue weighted by Gasteiger charge is -2.32. The van der Waals surface area contributed by atoms with Crippen molar-refractivity contribution < 1.29 is 14.7 Å². The molecule has 154 valence electrons. The van der Waals surface area contributed by atoms with E-state index in [9.17, 15) is 14.7 Å². The van der Waals surface area contributed by atoms with E-state index in [-0.39, 0.29) is 5.91 Å². The summed E-state index contributed by atoms with van der Waals surface area (Å²) in [6, 6.07) is 8.30. The first kappa shape index (κ1) is 21.2. The van der Waals surface area contributed by atoms with Crippen LogP contribution in [0.4, 0.5) is 5.13 Å². The largest absolute Gasteiger partial charge is 0.550 e. The number of rotatable bonds is 6. The fourth-order valence-corrected chi connectivity index (χ4v) is 4.48. The predicted octanol–water partition coefficient (Wildman–Crippen LogP) is 4.06. The Morgan fingerprint density at radius 3 is 2.34 bits per heavy atom. The standard InChI is InChI=1S/C23H28N2O3S/c1-13(2)9-16-5-7-17(8-6-16)20-12-29-23(24-20)25-21(26)18-10-14(3)15(4)11-19(18)22(27)28/h5-8,12-13,18-19H,9-11H2,1-4H3,(H,27,28)(H,24,25,26)/p-1/t18-,19-/m1/s1. The maximum Gasteiger partial charge on any atom is 0.230 e. The van der Waals surface area contributed by atoms with E-state index >= 15 is 0 Å². The van der Waals surface area contributed by atoms with Crippen LogP contribution in [-0.4, -0.2) is 16.9 Å². The maximum atomic E-state index is 12.8. The summed E-state index contributed by atoms with van der Waals surface area (Å²) in [5.74, 6) is -2.30. The molecule has 1 N–H and O–H groups in total. The third kappa shape index (κ3) is 5.12. The van der Waals surface area contributed by atoms with Crippen molar-refractivity contribution in [1.29, 1.82) is 0 Å². The van der Waals surface area contributed by atoms with E-state index in [4.69, 9.17) is 0 Å². The van der Waals surface area contributed by atoms with Crippen LogP contribution >= 0.6 is 11.3 Å². The van der Waals surface area contributed by atoms with Gasteiger partial charge in [-0.25, -0.2) is 4.98 Å². The number of carbonyl (C=O) groups is 2. The first-order chi connectivity index (χ1) is 13.7. The number of aromatic nitrogens is 1. The van der Waals surface area contributed by atoms with Gasteiger partial charge < -0.3 is 15.2 Å². The maximum absolute atomic E-state index is 12.8. The fourth-order valence-electron chi connectivity index (χ4n) is 3.76. The number of nitrogens with zero attached hydrogens (tertiary/aromatic N) is 1. The molecule has 1 amide bonds. The predicted molar refractivity (Wildman–Crippen MR) is 114 cm³/mol. The normalized spacial score (nSPS) is 19.5. The Kier molecular flexibility index (Phi) is 6.52. The van der Waals surface area contributed by atoms with Gasteiger partial charge in [0.1, 0.15) is 0 Å². The number of hydrogen-bond donors (Lipinski definition) is 1. The van der Waals surface area contributed by atoms with E-state index in [1.807, 2.05) is 31.4 Å². The Balaban J connectivity index is 1.71. The summed E-state index contributed by atoms with van der Waals surface area (Å²) in [5.41, 5.74) is 5.18. The highest BCUT2D eigenvalue weighted by molar-refractivity contribution is 7.14. The number of allylic oxidation sites excluding steroid dienone is 2. The monoisotopic (exact) mass is 411 g/mol. The molecule has 2 atom stereocenters. The number of aliphatic carboxylic acids is 1. The third-order valence-electron chi connectivity index (χ3n) is 5.53. The second-order valence-electron chi connectivity index (χ2n) is 8.32. The molecule has 0 spiro atoms. The smallest absolute Gasteiger partial charge is 0.230 e. The number of nitrogens with one attached hydrogen (secondary N) is 1. The Morgan fingerprint density at radius 1 is 1.14 bits per heavy atom. The van der Waals surface area contributed by atoms with Crippen molar-refractivity contribution in [2.45, 2.75) is 47.0 Å².